The van der Waals surface area contributed by atoms with Crippen LogP contribution in [-0.2, 0) is 20.7 Å². The van der Waals surface area contributed by atoms with Crippen LogP contribution in [0.2, 0.25) is 0 Å². The molecule has 33 heavy (non-hydrogen) atoms. The fourth-order valence-electron chi connectivity index (χ4n) is 5.08. The van der Waals surface area contributed by atoms with E-state index in [2.05, 4.69) is 19.1 Å². The number of hydrogen-bond donors (Lipinski definition) is 0. The van der Waals surface area contributed by atoms with Gasteiger partial charge in [-0.15, -0.1) is 11.3 Å². The third kappa shape index (κ3) is 6.78. The molecule has 0 saturated heterocycles. The number of rotatable bonds is 9. The number of thiophene rings is 1. The van der Waals surface area contributed by atoms with Crippen LogP contribution in [0.25, 0.3) is 0 Å². The first-order valence-corrected chi connectivity index (χ1v) is 13.4. The number of esters is 1. The van der Waals surface area contributed by atoms with Gasteiger partial charge in [0.15, 0.2) is 0 Å². The standard InChI is InChI=1S/C27H39NO4S/c1-4-5-6-7-8-9-23-18-24(25(33-23)27(31)32-3)28(21-14-16-22(29)17-15-21)26(30)20-12-10-19(2)11-13-20/h4-5,18-21H,6-17H2,1-3H3/b5-4-. The molecule has 1 amide bonds. The first kappa shape index (κ1) is 25.7. The summed E-state index contributed by atoms with van der Waals surface area (Å²) in [5, 5.41) is 0. The third-order valence-electron chi connectivity index (χ3n) is 7.15. The number of Topliss-reactive ketones (excluding diaryl/α,β-unsaturated/α-hetero) is 1. The van der Waals surface area contributed by atoms with E-state index < -0.39 is 0 Å². The number of carbonyl (C=O) groups excluding carboxylic acids is 3. The van der Waals surface area contributed by atoms with Gasteiger partial charge in [0.05, 0.1) is 12.8 Å². The van der Waals surface area contributed by atoms with Crippen LogP contribution in [0.5, 0.6) is 0 Å². The molecule has 0 atom stereocenters. The van der Waals surface area contributed by atoms with Crippen LogP contribution in [0.15, 0.2) is 18.2 Å². The number of carbonyl (C=O) groups is 3. The summed E-state index contributed by atoms with van der Waals surface area (Å²) in [7, 11) is 1.40. The molecule has 182 valence electrons. The zero-order valence-corrected chi connectivity index (χ0v) is 21.3. The molecule has 2 aliphatic carbocycles. The quantitative estimate of drug-likeness (QED) is 0.233. The zero-order valence-electron chi connectivity index (χ0n) is 20.4. The molecular weight excluding hydrogens is 434 g/mol. The average molecular weight is 474 g/mol. The molecule has 0 aliphatic heterocycles. The van der Waals surface area contributed by atoms with Crippen molar-refractivity contribution in [3.63, 3.8) is 0 Å². The zero-order chi connectivity index (χ0) is 23.8. The number of hydrogen-bond acceptors (Lipinski definition) is 5. The van der Waals surface area contributed by atoms with Crippen molar-refractivity contribution in [3.05, 3.63) is 28.0 Å². The molecule has 0 aromatic carbocycles. The Morgan fingerprint density at radius 1 is 1.12 bits per heavy atom. The van der Waals surface area contributed by atoms with E-state index in [0.29, 0.717) is 42.2 Å². The highest BCUT2D eigenvalue weighted by Crippen LogP contribution is 2.39. The number of aryl methyl sites for hydroxylation is 1. The number of unbranched alkanes of at least 4 members (excludes halogenated alkanes) is 2. The molecule has 6 heteroatoms. The van der Waals surface area contributed by atoms with Gasteiger partial charge in [-0.2, -0.15) is 0 Å². The highest BCUT2D eigenvalue weighted by molar-refractivity contribution is 7.14. The van der Waals surface area contributed by atoms with Crippen LogP contribution in [0.4, 0.5) is 5.69 Å². The number of ketones is 1. The maximum atomic E-state index is 13.9. The van der Waals surface area contributed by atoms with E-state index in [-0.39, 0.29) is 29.6 Å². The Bertz CT molecular complexity index is 840. The van der Waals surface area contributed by atoms with Gasteiger partial charge in [0.1, 0.15) is 10.7 Å². The van der Waals surface area contributed by atoms with Crippen LogP contribution < -0.4 is 4.90 Å². The van der Waals surface area contributed by atoms with Crippen molar-refractivity contribution in [2.45, 2.75) is 96.9 Å². The smallest absolute Gasteiger partial charge is 0.350 e. The minimum absolute atomic E-state index is 0.00601. The molecule has 1 aromatic rings. The Morgan fingerprint density at radius 2 is 1.82 bits per heavy atom. The number of nitrogens with zero attached hydrogens (tertiary/aromatic N) is 1. The van der Waals surface area contributed by atoms with Crippen molar-refractivity contribution in [2.75, 3.05) is 12.0 Å². The van der Waals surface area contributed by atoms with Crippen LogP contribution in [0, 0.1) is 11.8 Å². The predicted octanol–water partition coefficient (Wildman–Crippen LogP) is 6.49. The lowest BCUT2D eigenvalue weighted by Crippen LogP contribution is -2.46. The van der Waals surface area contributed by atoms with Crippen molar-refractivity contribution in [1.82, 2.24) is 0 Å². The van der Waals surface area contributed by atoms with Gasteiger partial charge in [-0.3, -0.25) is 9.59 Å². The van der Waals surface area contributed by atoms with Gasteiger partial charge in [0.25, 0.3) is 0 Å². The fourth-order valence-corrected chi connectivity index (χ4v) is 6.19. The molecule has 3 rings (SSSR count). The van der Waals surface area contributed by atoms with Gasteiger partial charge < -0.3 is 9.64 Å². The summed E-state index contributed by atoms with van der Waals surface area (Å²) < 4.78 is 5.11. The number of allylic oxidation sites excluding steroid dienone is 2. The van der Waals surface area contributed by atoms with E-state index >= 15 is 0 Å². The van der Waals surface area contributed by atoms with Crippen LogP contribution in [-0.4, -0.2) is 30.8 Å². The lowest BCUT2D eigenvalue weighted by Gasteiger charge is -2.37. The SMILES string of the molecule is C/C=C\CCCCc1cc(N(C(=O)C2CCC(C)CC2)C2CCC(=O)CC2)c(C(=O)OC)s1. The molecule has 1 aromatic heterocycles. The Kier molecular flexibility index (Phi) is 9.72. The summed E-state index contributed by atoms with van der Waals surface area (Å²) in [6.45, 7) is 4.29. The summed E-state index contributed by atoms with van der Waals surface area (Å²) in [5.41, 5.74) is 0.707. The molecule has 0 bridgehead atoms. The monoisotopic (exact) mass is 473 g/mol. The number of ether oxygens (including phenoxy) is 1. The molecule has 5 nitrogen and oxygen atoms in total. The minimum Gasteiger partial charge on any atom is -0.465 e. The highest BCUT2D eigenvalue weighted by Gasteiger charge is 2.37. The van der Waals surface area contributed by atoms with E-state index in [1.807, 2.05) is 17.9 Å². The summed E-state index contributed by atoms with van der Waals surface area (Å²) >= 11 is 1.46. The largest absolute Gasteiger partial charge is 0.465 e. The molecule has 2 aliphatic rings. The average Bonchev–Trinajstić information content (AvgIpc) is 3.24. The fraction of sp³-hybridized carbons (Fsp3) is 0.667. The van der Waals surface area contributed by atoms with Crippen molar-refractivity contribution < 1.29 is 19.1 Å². The Balaban J connectivity index is 1.89. The first-order chi connectivity index (χ1) is 15.9. The van der Waals surface area contributed by atoms with Gasteiger partial charge in [-0.05, 0) is 83.1 Å². The molecule has 0 spiro atoms. The lowest BCUT2D eigenvalue weighted by molar-refractivity contribution is -0.125. The molecule has 0 N–H and O–H groups in total. The summed E-state index contributed by atoms with van der Waals surface area (Å²) in [4.78, 5) is 42.1. The summed E-state index contributed by atoms with van der Waals surface area (Å²) in [6, 6.07) is 2.02. The number of methoxy groups -OCH3 is 1. The first-order valence-electron chi connectivity index (χ1n) is 12.6. The second-order valence-electron chi connectivity index (χ2n) is 9.67. The van der Waals surface area contributed by atoms with E-state index in [9.17, 15) is 14.4 Å². The normalized spacial score (nSPS) is 22.0. The van der Waals surface area contributed by atoms with Crippen molar-refractivity contribution in [1.29, 1.82) is 0 Å². The van der Waals surface area contributed by atoms with Gasteiger partial charge in [0, 0.05) is 29.7 Å². The lowest BCUT2D eigenvalue weighted by atomic mass is 9.81. The molecule has 1 heterocycles. The number of anilines is 1. The maximum Gasteiger partial charge on any atom is 0.350 e. The van der Waals surface area contributed by atoms with Crippen molar-refractivity contribution >= 4 is 34.7 Å². The van der Waals surface area contributed by atoms with Gasteiger partial charge >= 0.3 is 5.97 Å². The van der Waals surface area contributed by atoms with E-state index in [4.69, 9.17) is 4.74 Å². The second kappa shape index (κ2) is 12.5. The molecule has 0 radical (unpaired) electrons. The Labute approximate surface area is 202 Å². The van der Waals surface area contributed by atoms with Crippen molar-refractivity contribution in [3.8, 4) is 0 Å². The van der Waals surface area contributed by atoms with E-state index in [0.717, 1.165) is 56.2 Å². The van der Waals surface area contributed by atoms with Crippen LogP contribution >= 0.6 is 11.3 Å². The molecule has 2 fully saturated rings. The van der Waals surface area contributed by atoms with E-state index in [1.54, 1.807) is 0 Å². The minimum atomic E-state index is -0.378. The summed E-state index contributed by atoms with van der Waals surface area (Å²) in [6.07, 6.45) is 14.6. The summed E-state index contributed by atoms with van der Waals surface area (Å²) in [5.74, 6) is 0.677. The topological polar surface area (TPSA) is 63.7 Å². The van der Waals surface area contributed by atoms with Gasteiger partial charge in [-0.25, -0.2) is 4.79 Å². The molecule has 2 saturated carbocycles. The van der Waals surface area contributed by atoms with Gasteiger partial charge in [-0.1, -0.05) is 19.1 Å². The Morgan fingerprint density at radius 3 is 2.45 bits per heavy atom. The molecular formula is C27H39NO4S. The Hall–Kier alpha value is -1.95. The van der Waals surface area contributed by atoms with E-state index in [1.165, 1.54) is 18.4 Å². The maximum absolute atomic E-state index is 13.9. The van der Waals surface area contributed by atoms with Gasteiger partial charge in [0.2, 0.25) is 5.91 Å². The highest BCUT2D eigenvalue weighted by atomic mass is 32.1. The second-order valence-corrected chi connectivity index (χ2v) is 10.8. The van der Waals surface area contributed by atoms with Crippen LogP contribution in [0.1, 0.15) is 99.0 Å². The molecule has 0 unspecified atom stereocenters. The van der Waals surface area contributed by atoms with Crippen LogP contribution in [0.3, 0.4) is 0 Å². The number of amides is 1. The third-order valence-corrected chi connectivity index (χ3v) is 8.32. The predicted molar refractivity (Wildman–Crippen MR) is 134 cm³/mol. The van der Waals surface area contributed by atoms with Crippen molar-refractivity contribution in [2.24, 2.45) is 11.8 Å².